The molecule has 1 aromatic carbocycles. The number of nitrogens with zero attached hydrogens (tertiary/aromatic N) is 3. The van der Waals surface area contributed by atoms with Crippen LogP contribution in [0.2, 0.25) is 0 Å². The first-order valence-electron chi connectivity index (χ1n) is 9.81. The summed E-state index contributed by atoms with van der Waals surface area (Å²) in [5.41, 5.74) is 0.225. The summed E-state index contributed by atoms with van der Waals surface area (Å²) < 4.78 is 40.3. The monoisotopic (exact) mass is 554 g/mol. The predicted molar refractivity (Wildman–Crippen MR) is 122 cm³/mol. The quantitative estimate of drug-likeness (QED) is 0.564. The molecule has 0 bridgehead atoms. The van der Waals surface area contributed by atoms with Gasteiger partial charge in [-0.3, -0.25) is 4.99 Å². The summed E-state index contributed by atoms with van der Waals surface area (Å²) in [5.74, 6) is 0.968. The van der Waals surface area contributed by atoms with Crippen LogP contribution in [0.3, 0.4) is 0 Å². The molecule has 1 saturated heterocycles. The van der Waals surface area contributed by atoms with E-state index in [1.54, 1.807) is 17.0 Å². The minimum atomic E-state index is -2.93. The number of methoxy groups -OCH3 is 1. The van der Waals surface area contributed by atoms with Crippen LogP contribution in [0, 0.1) is 0 Å². The van der Waals surface area contributed by atoms with Crippen molar-refractivity contribution in [3.63, 3.8) is 0 Å². The molecule has 0 aromatic heterocycles. The Kier molecular flexibility index (Phi) is 8.55. The number of benzene rings is 1. The standard InChI is InChI=1S/C20H28F2N4O4.HI/c1-20(2,3)30-19(27)25-7-8-26-14(12-25)11-24-18(26)23-10-13-5-6-15(28-4)16(9-13)29-17(21)22;/h5-6,9,14,17H,7-8,10-12H2,1-4H3,(H,23,24);1H. The topological polar surface area (TPSA) is 75.6 Å². The van der Waals surface area contributed by atoms with E-state index in [1.807, 2.05) is 20.8 Å². The maximum atomic E-state index is 12.6. The van der Waals surface area contributed by atoms with E-state index in [0.29, 0.717) is 32.7 Å². The lowest BCUT2D eigenvalue weighted by Gasteiger charge is -2.39. The number of rotatable bonds is 5. The van der Waals surface area contributed by atoms with Crippen LogP contribution in [0.5, 0.6) is 11.5 Å². The van der Waals surface area contributed by atoms with Crippen molar-refractivity contribution in [2.45, 2.75) is 45.6 Å². The molecule has 1 amide bonds. The molecule has 8 nitrogen and oxygen atoms in total. The number of halogens is 3. The van der Waals surface area contributed by atoms with Gasteiger partial charge in [-0.25, -0.2) is 4.79 Å². The smallest absolute Gasteiger partial charge is 0.410 e. The number of piperazine rings is 1. The van der Waals surface area contributed by atoms with Gasteiger partial charge in [0.25, 0.3) is 0 Å². The Labute approximate surface area is 197 Å². The number of hydrogen-bond acceptors (Lipinski definition) is 7. The van der Waals surface area contributed by atoms with E-state index in [-0.39, 0.29) is 47.6 Å². The summed E-state index contributed by atoms with van der Waals surface area (Å²) in [5, 5.41) is 3.25. The fraction of sp³-hybridized carbons (Fsp3) is 0.600. The van der Waals surface area contributed by atoms with Crippen LogP contribution in [0.25, 0.3) is 0 Å². The Morgan fingerprint density at radius 2 is 2.03 bits per heavy atom. The number of carbonyl (C=O) groups excluding carboxylic acids is 1. The lowest BCUT2D eigenvalue weighted by atomic mass is 10.2. The molecule has 31 heavy (non-hydrogen) atoms. The second kappa shape index (κ2) is 10.5. The number of carbonyl (C=O) groups is 1. The minimum absolute atomic E-state index is 0. The van der Waals surface area contributed by atoms with Crippen molar-refractivity contribution in [3.05, 3.63) is 23.8 Å². The first-order valence-corrected chi connectivity index (χ1v) is 9.81. The van der Waals surface area contributed by atoms with Crippen LogP contribution in [0.15, 0.2) is 23.2 Å². The molecule has 1 aromatic rings. The van der Waals surface area contributed by atoms with E-state index >= 15 is 0 Å². The van der Waals surface area contributed by atoms with Crippen LogP contribution in [0.4, 0.5) is 13.6 Å². The molecule has 0 aliphatic carbocycles. The molecule has 0 saturated carbocycles. The van der Waals surface area contributed by atoms with E-state index in [4.69, 9.17) is 9.47 Å². The molecule has 2 aliphatic heterocycles. The third-order valence-electron chi connectivity index (χ3n) is 4.75. The Balaban J connectivity index is 0.00000341. The average Bonchev–Trinajstić information content (AvgIpc) is 3.07. The number of nitrogens with one attached hydrogen (secondary N) is 1. The molecule has 1 N–H and O–H groups in total. The maximum absolute atomic E-state index is 12.6. The Morgan fingerprint density at radius 3 is 2.68 bits per heavy atom. The highest BCUT2D eigenvalue weighted by Gasteiger charge is 2.36. The second-order valence-corrected chi connectivity index (χ2v) is 8.16. The number of aliphatic imine (C=N–C) groups is 1. The van der Waals surface area contributed by atoms with E-state index in [2.05, 4.69) is 19.9 Å². The summed E-state index contributed by atoms with van der Waals surface area (Å²) in [7, 11) is 1.40. The summed E-state index contributed by atoms with van der Waals surface area (Å²) >= 11 is 0. The van der Waals surface area contributed by atoms with E-state index < -0.39 is 12.2 Å². The fourth-order valence-corrected chi connectivity index (χ4v) is 3.42. The van der Waals surface area contributed by atoms with Crippen LogP contribution < -0.4 is 14.8 Å². The number of fused-ring (bicyclic) bond motifs is 1. The van der Waals surface area contributed by atoms with Gasteiger partial charge in [0, 0.05) is 26.2 Å². The van der Waals surface area contributed by atoms with Gasteiger partial charge < -0.3 is 29.3 Å². The van der Waals surface area contributed by atoms with Gasteiger partial charge in [0.1, 0.15) is 5.60 Å². The number of amides is 1. The summed E-state index contributed by atoms with van der Waals surface area (Å²) in [6, 6.07) is 4.97. The van der Waals surface area contributed by atoms with Gasteiger partial charge in [-0.2, -0.15) is 8.78 Å². The van der Waals surface area contributed by atoms with Gasteiger partial charge in [0.2, 0.25) is 0 Å². The average molecular weight is 554 g/mol. The van der Waals surface area contributed by atoms with Gasteiger partial charge in [-0.15, -0.1) is 24.0 Å². The molecule has 1 atom stereocenters. The van der Waals surface area contributed by atoms with Crippen molar-refractivity contribution < 1.29 is 27.8 Å². The number of alkyl halides is 2. The van der Waals surface area contributed by atoms with E-state index in [0.717, 1.165) is 11.5 Å². The first-order chi connectivity index (χ1) is 14.2. The largest absolute Gasteiger partial charge is 0.493 e. The van der Waals surface area contributed by atoms with Gasteiger partial charge in [0.05, 0.1) is 19.7 Å². The van der Waals surface area contributed by atoms with Crippen molar-refractivity contribution in [2.75, 3.05) is 33.3 Å². The zero-order valence-corrected chi connectivity index (χ0v) is 20.4. The molecule has 3 rings (SSSR count). The highest BCUT2D eigenvalue weighted by atomic mass is 127. The Hall–Kier alpha value is -2.05. The number of hydrogen-bond donors (Lipinski definition) is 1. The molecular formula is C20H29F2IN4O4. The van der Waals surface area contributed by atoms with Crippen molar-refractivity contribution in [2.24, 2.45) is 4.99 Å². The molecule has 1 fully saturated rings. The lowest BCUT2D eigenvalue weighted by molar-refractivity contribution is -0.0512. The van der Waals surface area contributed by atoms with Crippen LogP contribution >= 0.6 is 24.0 Å². The third kappa shape index (κ3) is 6.71. The van der Waals surface area contributed by atoms with Crippen LogP contribution in [0.1, 0.15) is 26.3 Å². The summed E-state index contributed by atoms with van der Waals surface area (Å²) in [6.07, 6.45) is -0.312. The van der Waals surface area contributed by atoms with Gasteiger partial charge in [-0.05, 0) is 38.5 Å². The third-order valence-corrected chi connectivity index (χ3v) is 4.75. The Bertz CT molecular complexity index is 804. The SMILES string of the molecule is COc1ccc(CNC2=NCC3CN(C(=O)OC(C)(C)C)CCN23)cc1OC(F)F.I. The predicted octanol–water partition coefficient (Wildman–Crippen LogP) is 3.30. The summed E-state index contributed by atoms with van der Waals surface area (Å²) in [6.45, 7) is 5.29. The fourth-order valence-electron chi connectivity index (χ4n) is 3.42. The molecule has 11 heteroatoms. The normalized spacial score (nSPS) is 18.2. The molecule has 0 radical (unpaired) electrons. The molecule has 0 spiro atoms. The van der Waals surface area contributed by atoms with Crippen LogP contribution in [-0.2, 0) is 11.3 Å². The second-order valence-electron chi connectivity index (χ2n) is 8.16. The molecule has 1 unspecified atom stereocenters. The lowest BCUT2D eigenvalue weighted by Crippen LogP contribution is -2.57. The van der Waals surface area contributed by atoms with Gasteiger partial charge in [-0.1, -0.05) is 6.07 Å². The molecule has 2 aliphatic rings. The molecule has 2 heterocycles. The molecule has 174 valence electrons. The van der Waals surface area contributed by atoms with Crippen molar-refractivity contribution in [1.29, 1.82) is 0 Å². The zero-order valence-electron chi connectivity index (χ0n) is 18.1. The van der Waals surface area contributed by atoms with Crippen molar-refractivity contribution >= 4 is 36.0 Å². The Morgan fingerprint density at radius 1 is 1.29 bits per heavy atom. The van der Waals surface area contributed by atoms with Crippen molar-refractivity contribution in [1.82, 2.24) is 15.1 Å². The van der Waals surface area contributed by atoms with Gasteiger partial charge in [0.15, 0.2) is 17.5 Å². The van der Waals surface area contributed by atoms with E-state index in [9.17, 15) is 13.6 Å². The van der Waals surface area contributed by atoms with Crippen molar-refractivity contribution in [3.8, 4) is 11.5 Å². The zero-order chi connectivity index (χ0) is 21.9. The highest BCUT2D eigenvalue weighted by molar-refractivity contribution is 14.0. The number of ether oxygens (including phenoxy) is 3. The maximum Gasteiger partial charge on any atom is 0.410 e. The number of guanidine groups is 1. The highest BCUT2D eigenvalue weighted by Crippen LogP contribution is 2.29. The first kappa shape index (κ1) is 25.2. The summed E-state index contributed by atoms with van der Waals surface area (Å²) in [4.78, 5) is 20.7. The van der Waals surface area contributed by atoms with Crippen LogP contribution in [-0.4, -0.2) is 73.4 Å². The van der Waals surface area contributed by atoms with E-state index in [1.165, 1.54) is 13.2 Å². The minimum Gasteiger partial charge on any atom is -0.493 e. The van der Waals surface area contributed by atoms with Gasteiger partial charge >= 0.3 is 12.7 Å². The molecular weight excluding hydrogens is 525 g/mol.